The van der Waals surface area contributed by atoms with Crippen LogP contribution < -0.4 is 10.1 Å². The molecule has 0 unspecified atom stereocenters. The SMILES string of the molecule is COc1ccc2c(ccc3c(C(=O)NCCO)noc32)c1. The molecule has 3 aromatic rings. The molecule has 0 aliphatic carbocycles. The zero-order valence-corrected chi connectivity index (χ0v) is 11.4. The molecule has 1 heterocycles. The highest BCUT2D eigenvalue weighted by molar-refractivity contribution is 6.12. The molecule has 0 saturated carbocycles. The van der Waals surface area contributed by atoms with Crippen molar-refractivity contribution in [2.45, 2.75) is 0 Å². The zero-order valence-electron chi connectivity index (χ0n) is 11.4. The second-order valence-electron chi connectivity index (χ2n) is 4.54. The number of rotatable bonds is 4. The third kappa shape index (κ3) is 2.30. The molecule has 0 atom stereocenters. The van der Waals surface area contributed by atoms with Crippen molar-refractivity contribution >= 4 is 27.6 Å². The Morgan fingerprint density at radius 3 is 2.90 bits per heavy atom. The number of nitrogens with zero attached hydrogens (tertiary/aromatic N) is 1. The topological polar surface area (TPSA) is 84.6 Å². The molecule has 0 fully saturated rings. The Labute approximate surface area is 120 Å². The van der Waals surface area contributed by atoms with Gasteiger partial charge in [0.1, 0.15) is 5.75 Å². The van der Waals surface area contributed by atoms with Crippen LogP contribution in [0.1, 0.15) is 10.5 Å². The van der Waals surface area contributed by atoms with Crippen molar-refractivity contribution < 1.29 is 19.2 Å². The van der Waals surface area contributed by atoms with E-state index in [1.54, 1.807) is 13.2 Å². The molecule has 2 aromatic carbocycles. The van der Waals surface area contributed by atoms with E-state index in [4.69, 9.17) is 14.4 Å². The van der Waals surface area contributed by atoms with Gasteiger partial charge in [0.15, 0.2) is 11.3 Å². The van der Waals surface area contributed by atoms with Gasteiger partial charge in [-0.1, -0.05) is 11.2 Å². The molecule has 6 nitrogen and oxygen atoms in total. The Bertz CT molecular complexity index is 810. The Balaban J connectivity index is 2.11. The third-order valence-electron chi connectivity index (χ3n) is 3.27. The third-order valence-corrected chi connectivity index (χ3v) is 3.27. The number of fused-ring (bicyclic) bond motifs is 3. The maximum atomic E-state index is 12.0. The average Bonchev–Trinajstić information content (AvgIpc) is 2.96. The maximum absolute atomic E-state index is 12.0. The highest BCUT2D eigenvalue weighted by Crippen LogP contribution is 2.30. The number of hydrogen-bond donors (Lipinski definition) is 2. The van der Waals surface area contributed by atoms with Crippen LogP contribution in [0.3, 0.4) is 0 Å². The normalized spacial score (nSPS) is 11.0. The molecule has 0 radical (unpaired) electrons. The standard InChI is InChI=1S/C15H14N2O4/c1-20-10-3-5-11-9(8-10)2-4-12-13(17-21-14(11)12)15(19)16-6-7-18/h2-5,8,18H,6-7H2,1H3,(H,16,19). The lowest BCUT2D eigenvalue weighted by molar-refractivity contribution is 0.0937. The molecule has 108 valence electrons. The van der Waals surface area contributed by atoms with Crippen molar-refractivity contribution in [2.75, 3.05) is 20.3 Å². The van der Waals surface area contributed by atoms with Crippen LogP contribution in [-0.2, 0) is 0 Å². The van der Waals surface area contributed by atoms with Crippen molar-refractivity contribution in [2.24, 2.45) is 0 Å². The molecule has 0 aliphatic heterocycles. The lowest BCUT2D eigenvalue weighted by atomic mass is 10.1. The number of carbonyl (C=O) groups excluding carboxylic acids is 1. The smallest absolute Gasteiger partial charge is 0.274 e. The molecule has 1 amide bonds. The van der Waals surface area contributed by atoms with Gasteiger partial charge in [-0.15, -0.1) is 0 Å². The van der Waals surface area contributed by atoms with Gasteiger partial charge in [-0.25, -0.2) is 0 Å². The molecule has 0 aliphatic rings. The number of amides is 1. The van der Waals surface area contributed by atoms with Crippen LogP contribution in [0.2, 0.25) is 0 Å². The first kappa shape index (κ1) is 13.4. The van der Waals surface area contributed by atoms with E-state index >= 15 is 0 Å². The number of ether oxygens (including phenoxy) is 1. The maximum Gasteiger partial charge on any atom is 0.274 e. The first-order valence-corrected chi connectivity index (χ1v) is 6.50. The zero-order chi connectivity index (χ0) is 14.8. The first-order valence-electron chi connectivity index (χ1n) is 6.50. The minimum atomic E-state index is -0.365. The number of aliphatic hydroxyl groups excluding tert-OH is 1. The van der Waals surface area contributed by atoms with E-state index < -0.39 is 0 Å². The summed E-state index contributed by atoms with van der Waals surface area (Å²) in [5.74, 6) is 0.387. The van der Waals surface area contributed by atoms with Gasteiger partial charge in [-0.2, -0.15) is 0 Å². The van der Waals surface area contributed by atoms with E-state index in [-0.39, 0.29) is 24.8 Å². The van der Waals surface area contributed by atoms with Gasteiger partial charge < -0.3 is 19.7 Å². The van der Waals surface area contributed by atoms with Crippen LogP contribution in [0.25, 0.3) is 21.7 Å². The van der Waals surface area contributed by atoms with Gasteiger partial charge in [0.05, 0.1) is 19.1 Å². The summed E-state index contributed by atoms with van der Waals surface area (Å²) >= 11 is 0. The van der Waals surface area contributed by atoms with Crippen LogP contribution in [0.15, 0.2) is 34.9 Å². The first-order chi connectivity index (χ1) is 10.2. The predicted molar refractivity (Wildman–Crippen MR) is 77.5 cm³/mol. The van der Waals surface area contributed by atoms with E-state index in [0.717, 1.165) is 16.5 Å². The van der Waals surface area contributed by atoms with Crippen LogP contribution >= 0.6 is 0 Å². The summed E-state index contributed by atoms with van der Waals surface area (Å²) < 4.78 is 10.5. The lowest BCUT2D eigenvalue weighted by Crippen LogP contribution is -2.26. The molecule has 0 saturated heterocycles. The molecular weight excluding hydrogens is 272 g/mol. The lowest BCUT2D eigenvalue weighted by Gasteiger charge is -2.03. The number of methoxy groups -OCH3 is 1. The fourth-order valence-electron chi connectivity index (χ4n) is 2.25. The minimum Gasteiger partial charge on any atom is -0.497 e. The van der Waals surface area contributed by atoms with Crippen molar-refractivity contribution in [3.63, 3.8) is 0 Å². The van der Waals surface area contributed by atoms with Gasteiger partial charge >= 0.3 is 0 Å². The average molecular weight is 286 g/mol. The summed E-state index contributed by atoms with van der Waals surface area (Å²) in [6, 6.07) is 9.28. The van der Waals surface area contributed by atoms with Gasteiger partial charge in [0.2, 0.25) is 0 Å². The summed E-state index contributed by atoms with van der Waals surface area (Å²) in [6.45, 7) is 0.0578. The summed E-state index contributed by atoms with van der Waals surface area (Å²) in [5, 5.41) is 17.6. The molecule has 2 N–H and O–H groups in total. The summed E-state index contributed by atoms with van der Waals surface area (Å²) in [7, 11) is 1.61. The number of aliphatic hydroxyl groups is 1. The summed E-state index contributed by atoms with van der Waals surface area (Å²) in [6.07, 6.45) is 0. The summed E-state index contributed by atoms with van der Waals surface area (Å²) in [5.41, 5.74) is 0.778. The summed E-state index contributed by atoms with van der Waals surface area (Å²) in [4.78, 5) is 12.0. The monoisotopic (exact) mass is 286 g/mol. The van der Waals surface area contributed by atoms with Gasteiger partial charge in [-0.3, -0.25) is 4.79 Å². The molecule has 3 rings (SSSR count). The Morgan fingerprint density at radius 1 is 1.33 bits per heavy atom. The van der Waals surface area contributed by atoms with Gasteiger partial charge in [-0.05, 0) is 29.7 Å². The Kier molecular flexibility index (Phi) is 3.45. The largest absolute Gasteiger partial charge is 0.497 e. The number of nitrogens with one attached hydrogen (secondary N) is 1. The highest BCUT2D eigenvalue weighted by Gasteiger charge is 2.17. The second-order valence-corrected chi connectivity index (χ2v) is 4.54. The van der Waals surface area contributed by atoms with E-state index in [9.17, 15) is 4.79 Å². The minimum absolute atomic E-state index is 0.121. The van der Waals surface area contributed by atoms with Crippen molar-refractivity contribution in [3.8, 4) is 5.75 Å². The highest BCUT2D eigenvalue weighted by atomic mass is 16.5. The molecule has 6 heteroatoms. The van der Waals surface area contributed by atoms with Crippen LogP contribution in [-0.4, -0.2) is 36.4 Å². The second kappa shape index (κ2) is 5.41. The quantitative estimate of drug-likeness (QED) is 0.762. The molecule has 0 spiro atoms. The Hall–Kier alpha value is -2.60. The molecule has 21 heavy (non-hydrogen) atoms. The van der Waals surface area contributed by atoms with Crippen molar-refractivity contribution in [3.05, 3.63) is 36.0 Å². The fraction of sp³-hybridized carbons (Fsp3) is 0.200. The number of carbonyl (C=O) groups is 1. The van der Waals surface area contributed by atoms with Crippen LogP contribution in [0.4, 0.5) is 0 Å². The Morgan fingerprint density at radius 2 is 2.14 bits per heavy atom. The number of aromatic nitrogens is 1. The van der Waals surface area contributed by atoms with Crippen molar-refractivity contribution in [1.82, 2.24) is 10.5 Å². The van der Waals surface area contributed by atoms with Gasteiger partial charge in [0, 0.05) is 11.9 Å². The van der Waals surface area contributed by atoms with Gasteiger partial charge in [0.25, 0.3) is 5.91 Å². The molecular formula is C15H14N2O4. The van der Waals surface area contributed by atoms with E-state index in [2.05, 4.69) is 10.5 Å². The number of hydrogen-bond acceptors (Lipinski definition) is 5. The number of benzene rings is 2. The van der Waals surface area contributed by atoms with Crippen LogP contribution in [0.5, 0.6) is 5.75 Å². The van der Waals surface area contributed by atoms with Crippen LogP contribution in [0, 0.1) is 0 Å². The molecule has 1 aromatic heterocycles. The fourth-order valence-corrected chi connectivity index (χ4v) is 2.25. The van der Waals surface area contributed by atoms with E-state index in [1.165, 1.54) is 0 Å². The predicted octanol–water partition coefficient (Wildman–Crippen LogP) is 1.71. The van der Waals surface area contributed by atoms with E-state index in [0.29, 0.717) is 11.0 Å². The molecule has 0 bridgehead atoms. The van der Waals surface area contributed by atoms with Crippen molar-refractivity contribution in [1.29, 1.82) is 0 Å². The van der Waals surface area contributed by atoms with E-state index in [1.807, 2.05) is 24.3 Å².